The number of primary amides is 1. The van der Waals surface area contributed by atoms with E-state index in [4.69, 9.17) is 15.2 Å². The molecule has 0 aliphatic carbocycles. The van der Waals surface area contributed by atoms with E-state index in [1.807, 2.05) is 24.3 Å². The van der Waals surface area contributed by atoms with E-state index in [2.05, 4.69) is 24.1 Å². The van der Waals surface area contributed by atoms with Gasteiger partial charge in [-0.2, -0.15) is 0 Å². The molecule has 1 heterocycles. The lowest BCUT2D eigenvalue weighted by atomic mass is 10.2. The topological polar surface area (TPSA) is 93.9 Å². The molecule has 2 aromatic rings. The number of hydrogen-bond acceptors (Lipinski definition) is 5. The van der Waals surface area contributed by atoms with Crippen molar-refractivity contribution in [3.63, 3.8) is 0 Å². The predicted octanol–water partition coefficient (Wildman–Crippen LogP) is 2.42. The number of nitrogens with one attached hydrogen (secondary N) is 1. The fourth-order valence-corrected chi connectivity index (χ4v) is 3.23. The highest BCUT2D eigenvalue weighted by molar-refractivity contribution is 5.93. The van der Waals surface area contributed by atoms with Crippen molar-refractivity contribution in [2.75, 3.05) is 29.9 Å². The molecular weight excluding hydrogens is 358 g/mol. The maximum atomic E-state index is 12.1. The fraction of sp³-hybridized carbons (Fsp3) is 0.333. The van der Waals surface area contributed by atoms with E-state index in [0.29, 0.717) is 17.0 Å². The SMILES string of the molecule is CC1CN(c2ccc(NC(=O)COc3cccc(C(N)=O)c3)cc2)CC(C)O1. The van der Waals surface area contributed by atoms with Crippen molar-refractivity contribution >= 4 is 23.2 Å². The smallest absolute Gasteiger partial charge is 0.262 e. The van der Waals surface area contributed by atoms with Crippen molar-refractivity contribution in [3.05, 3.63) is 54.1 Å². The molecule has 1 aliphatic rings. The molecule has 0 bridgehead atoms. The molecule has 148 valence electrons. The van der Waals surface area contributed by atoms with E-state index in [1.165, 1.54) is 6.07 Å². The van der Waals surface area contributed by atoms with Gasteiger partial charge in [-0.05, 0) is 56.3 Å². The minimum atomic E-state index is -0.543. The summed E-state index contributed by atoms with van der Waals surface area (Å²) in [4.78, 5) is 25.6. The van der Waals surface area contributed by atoms with Crippen LogP contribution in [0.15, 0.2) is 48.5 Å². The van der Waals surface area contributed by atoms with E-state index >= 15 is 0 Å². The number of carbonyl (C=O) groups excluding carboxylic acids is 2. The Balaban J connectivity index is 1.53. The summed E-state index contributed by atoms with van der Waals surface area (Å²) < 4.78 is 11.2. The van der Waals surface area contributed by atoms with Crippen molar-refractivity contribution < 1.29 is 19.1 Å². The van der Waals surface area contributed by atoms with Crippen LogP contribution < -0.4 is 20.7 Å². The first-order valence-corrected chi connectivity index (χ1v) is 9.23. The minimum absolute atomic E-state index is 0.164. The second-order valence-corrected chi connectivity index (χ2v) is 6.94. The van der Waals surface area contributed by atoms with E-state index in [1.54, 1.807) is 18.2 Å². The van der Waals surface area contributed by atoms with Crippen LogP contribution in [0.3, 0.4) is 0 Å². The predicted molar refractivity (Wildman–Crippen MR) is 108 cm³/mol. The lowest BCUT2D eigenvalue weighted by molar-refractivity contribution is -0.118. The lowest BCUT2D eigenvalue weighted by Gasteiger charge is -2.36. The monoisotopic (exact) mass is 383 g/mol. The largest absolute Gasteiger partial charge is 0.484 e. The highest BCUT2D eigenvalue weighted by Crippen LogP contribution is 2.22. The van der Waals surface area contributed by atoms with Gasteiger partial charge in [0.25, 0.3) is 5.91 Å². The number of amides is 2. The van der Waals surface area contributed by atoms with E-state index in [9.17, 15) is 9.59 Å². The standard InChI is InChI=1S/C21H25N3O4/c1-14-11-24(12-15(2)28-14)18-8-6-17(7-9-18)23-20(25)13-27-19-5-3-4-16(10-19)21(22)26/h3-10,14-15H,11-13H2,1-2H3,(H2,22,26)(H,23,25). The van der Waals surface area contributed by atoms with Gasteiger partial charge in [0.15, 0.2) is 6.61 Å². The van der Waals surface area contributed by atoms with Crippen molar-refractivity contribution in [2.24, 2.45) is 5.73 Å². The number of nitrogens with zero attached hydrogens (tertiary/aromatic N) is 1. The van der Waals surface area contributed by atoms with Crippen LogP contribution in [-0.4, -0.2) is 43.7 Å². The van der Waals surface area contributed by atoms with Crippen LogP contribution in [0.1, 0.15) is 24.2 Å². The first-order valence-electron chi connectivity index (χ1n) is 9.23. The lowest BCUT2D eigenvalue weighted by Crippen LogP contribution is -2.45. The fourth-order valence-electron chi connectivity index (χ4n) is 3.23. The van der Waals surface area contributed by atoms with Gasteiger partial charge in [-0.15, -0.1) is 0 Å². The third-order valence-electron chi connectivity index (χ3n) is 4.42. The quantitative estimate of drug-likeness (QED) is 0.799. The van der Waals surface area contributed by atoms with Gasteiger partial charge in [0, 0.05) is 30.0 Å². The van der Waals surface area contributed by atoms with Crippen LogP contribution in [-0.2, 0) is 9.53 Å². The van der Waals surface area contributed by atoms with Crippen LogP contribution >= 0.6 is 0 Å². The Morgan fingerprint density at radius 3 is 2.46 bits per heavy atom. The molecule has 1 aliphatic heterocycles. The zero-order valence-corrected chi connectivity index (χ0v) is 16.1. The average molecular weight is 383 g/mol. The zero-order valence-electron chi connectivity index (χ0n) is 16.1. The Labute approximate surface area is 164 Å². The summed E-state index contributed by atoms with van der Waals surface area (Å²) in [6.07, 6.45) is 0.377. The number of anilines is 2. The molecule has 7 heteroatoms. The maximum absolute atomic E-state index is 12.1. The van der Waals surface area contributed by atoms with Gasteiger partial charge in [-0.3, -0.25) is 9.59 Å². The Morgan fingerprint density at radius 2 is 1.82 bits per heavy atom. The number of rotatable bonds is 6. The first kappa shape index (κ1) is 19.7. The molecule has 0 radical (unpaired) electrons. The molecule has 1 fully saturated rings. The van der Waals surface area contributed by atoms with Crippen molar-refractivity contribution in [2.45, 2.75) is 26.1 Å². The summed E-state index contributed by atoms with van der Waals surface area (Å²) in [6, 6.07) is 14.1. The van der Waals surface area contributed by atoms with Crippen LogP contribution in [0.2, 0.25) is 0 Å². The van der Waals surface area contributed by atoms with Crippen molar-refractivity contribution in [1.82, 2.24) is 0 Å². The maximum Gasteiger partial charge on any atom is 0.262 e. The summed E-state index contributed by atoms with van der Waals surface area (Å²) >= 11 is 0. The van der Waals surface area contributed by atoms with E-state index < -0.39 is 5.91 Å². The van der Waals surface area contributed by atoms with E-state index in [0.717, 1.165) is 18.8 Å². The van der Waals surface area contributed by atoms with Gasteiger partial charge in [0.05, 0.1) is 12.2 Å². The molecule has 0 aromatic heterocycles. The highest BCUT2D eigenvalue weighted by Gasteiger charge is 2.22. The summed E-state index contributed by atoms with van der Waals surface area (Å²) in [6.45, 7) is 5.65. The molecule has 7 nitrogen and oxygen atoms in total. The van der Waals surface area contributed by atoms with Crippen molar-refractivity contribution in [1.29, 1.82) is 0 Å². The van der Waals surface area contributed by atoms with Gasteiger partial charge in [0.2, 0.25) is 5.91 Å². The number of ether oxygens (including phenoxy) is 2. The molecule has 2 atom stereocenters. The molecule has 0 saturated carbocycles. The summed E-state index contributed by atoms with van der Waals surface area (Å²) in [5.41, 5.74) is 7.36. The summed E-state index contributed by atoms with van der Waals surface area (Å²) in [5, 5.41) is 2.80. The molecule has 28 heavy (non-hydrogen) atoms. The summed E-state index contributed by atoms with van der Waals surface area (Å²) in [7, 11) is 0. The molecule has 3 N–H and O–H groups in total. The average Bonchev–Trinajstić information content (AvgIpc) is 2.66. The van der Waals surface area contributed by atoms with Crippen LogP contribution in [0.4, 0.5) is 11.4 Å². The highest BCUT2D eigenvalue weighted by atomic mass is 16.5. The number of morpholine rings is 1. The third kappa shape index (κ3) is 5.23. The third-order valence-corrected chi connectivity index (χ3v) is 4.42. The Kier molecular flexibility index (Phi) is 6.16. The van der Waals surface area contributed by atoms with Gasteiger partial charge in [-0.1, -0.05) is 6.07 Å². The number of hydrogen-bond donors (Lipinski definition) is 2. The number of carbonyl (C=O) groups is 2. The molecule has 2 amide bonds. The normalized spacial score (nSPS) is 19.1. The van der Waals surface area contributed by atoms with Crippen LogP contribution in [0, 0.1) is 0 Å². The van der Waals surface area contributed by atoms with Crippen molar-refractivity contribution in [3.8, 4) is 5.75 Å². The minimum Gasteiger partial charge on any atom is -0.484 e. The molecule has 0 spiro atoms. The number of benzene rings is 2. The van der Waals surface area contributed by atoms with Gasteiger partial charge in [-0.25, -0.2) is 0 Å². The number of nitrogens with two attached hydrogens (primary N) is 1. The second-order valence-electron chi connectivity index (χ2n) is 6.94. The van der Waals surface area contributed by atoms with Crippen LogP contribution in [0.5, 0.6) is 5.75 Å². The zero-order chi connectivity index (χ0) is 20.1. The molecule has 3 rings (SSSR count). The first-order chi connectivity index (χ1) is 13.4. The van der Waals surface area contributed by atoms with Gasteiger partial charge in [0.1, 0.15) is 5.75 Å². The Hall–Kier alpha value is -3.06. The Bertz CT molecular complexity index is 828. The molecular formula is C21H25N3O4. The van der Waals surface area contributed by atoms with Gasteiger partial charge >= 0.3 is 0 Å². The molecule has 1 saturated heterocycles. The van der Waals surface area contributed by atoms with Gasteiger partial charge < -0.3 is 25.4 Å². The molecule has 2 unspecified atom stereocenters. The summed E-state index contributed by atoms with van der Waals surface area (Å²) in [5.74, 6) is -0.415. The van der Waals surface area contributed by atoms with E-state index in [-0.39, 0.29) is 24.7 Å². The molecule has 2 aromatic carbocycles. The second kappa shape index (κ2) is 8.75. The van der Waals surface area contributed by atoms with Crippen LogP contribution in [0.25, 0.3) is 0 Å². The Morgan fingerprint density at radius 1 is 1.14 bits per heavy atom.